The first kappa shape index (κ1) is 8.79. The average molecular weight is 176 g/mol. The summed E-state index contributed by atoms with van der Waals surface area (Å²) in [5, 5.41) is 0. The van der Waals surface area contributed by atoms with Gasteiger partial charge in [0.1, 0.15) is 0 Å². The maximum atomic E-state index is 2.31. The molecule has 0 aromatic rings. The van der Waals surface area contributed by atoms with Gasteiger partial charge in [-0.15, -0.1) is 23.5 Å². The Balaban J connectivity index is 2.48. The van der Waals surface area contributed by atoms with Crippen molar-refractivity contribution in [1.82, 2.24) is 0 Å². The van der Waals surface area contributed by atoms with Crippen LogP contribution in [0.4, 0.5) is 0 Å². The fourth-order valence-corrected chi connectivity index (χ4v) is 4.27. The van der Waals surface area contributed by atoms with Crippen molar-refractivity contribution in [2.75, 3.05) is 12.5 Å². The quantitative estimate of drug-likeness (QED) is 0.606. The second kappa shape index (κ2) is 3.40. The second-order valence-electron chi connectivity index (χ2n) is 2.86. The maximum absolute atomic E-state index is 2.31. The van der Waals surface area contributed by atoms with Gasteiger partial charge in [-0.1, -0.05) is 13.3 Å². The van der Waals surface area contributed by atoms with Gasteiger partial charge in [0, 0.05) is 0 Å². The van der Waals surface area contributed by atoms with E-state index in [1.807, 2.05) is 0 Å². The standard InChI is InChI=1S/C8H16S2/c1-4-7-5-6-8(7,9-2)10-3/h7H,4-6H2,1-3H3. The Kier molecular flexibility index (Phi) is 2.99. The molecule has 1 unspecified atom stereocenters. The summed E-state index contributed by atoms with van der Waals surface area (Å²) < 4.78 is 0.606. The molecular formula is C8H16S2. The summed E-state index contributed by atoms with van der Waals surface area (Å²) in [5.74, 6) is 0.984. The molecule has 1 rings (SSSR count). The van der Waals surface area contributed by atoms with Crippen LogP contribution in [0.25, 0.3) is 0 Å². The molecule has 1 aliphatic carbocycles. The smallest absolute Gasteiger partial charge is 0.0633 e. The van der Waals surface area contributed by atoms with Crippen molar-refractivity contribution in [3.05, 3.63) is 0 Å². The second-order valence-corrected chi connectivity index (χ2v) is 5.40. The lowest BCUT2D eigenvalue weighted by Gasteiger charge is -2.47. The monoisotopic (exact) mass is 176 g/mol. The van der Waals surface area contributed by atoms with Crippen LogP contribution < -0.4 is 0 Å². The molecule has 1 atom stereocenters. The molecule has 0 aromatic heterocycles. The summed E-state index contributed by atoms with van der Waals surface area (Å²) in [4.78, 5) is 0. The number of thioether (sulfide) groups is 2. The van der Waals surface area contributed by atoms with Gasteiger partial charge < -0.3 is 0 Å². The average Bonchev–Trinajstić information content (AvgIpc) is 1.90. The molecule has 0 N–H and O–H groups in total. The third kappa shape index (κ3) is 1.20. The summed E-state index contributed by atoms with van der Waals surface area (Å²) in [6.45, 7) is 2.31. The van der Waals surface area contributed by atoms with Gasteiger partial charge >= 0.3 is 0 Å². The molecule has 0 radical (unpaired) electrons. The lowest BCUT2D eigenvalue weighted by molar-refractivity contribution is 0.294. The van der Waals surface area contributed by atoms with Crippen molar-refractivity contribution in [1.29, 1.82) is 0 Å². The minimum Gasteiger partial charge on any atom is -0.147 e. The Morgan fingerprint density at radius 1 is 1.40 bits per heavy atom. The number of hydrogen-bond acceptors (Lipinski definition) is 2. The van der Waals surface area contributed by atoms with Gasteiger partial charge in [0.2, 0.25) is 0 Å². The molecule has 0 aromatic carbocycles. The fraction of sp³-hybridized carbons (Fsp3) is 1.00. The molecule has 0 bridgehead atoms. The van der Waals surface area contributed by atoms with Crippen LogP contribution in [0.15, 0.2) is 0 Å². The lowest BCUT2D eigenvalue weighted by Crippen LogP contribution is -2.40. The molecule has 10 heavy (non-hydrogen) atoms. The van der Waals surface area contributed by atoms with Crippen LogP contribution in [0.2, 0.25) is 0 Å². The van der Waals surface area contributed by atoms with Gasteiger partial charge in [-0.2, -0.15) is 0 Å². The molecule has 60 valence electrons. The third-order valence-electron chi connectivity index (χ3n) is 2.65. The molecule has 1 fully saturated rings. The van der Waals surface area contributed by atoms with Gasteiger partial charge in [-0.05, 0) is 31.3 Å². The van der Waals surface area contributed by atoms with E-state index in [0.29, 0.717) is 4.08 Å². The van der Waals surface area contributed by atoms with Gasteiger partial charge in [-0.25, -0.2) is 0 Å². The summed E-state index contributed by atoms with van der Waals surface area (Å²) in [6, 6.07) is 0. The minimum absolute atomic E-state index is 0.606. The zero-order valence-electron chi connectivity index (χ0n) is 7.02. The molecule has 0 nitrogen and oxygen atoms in total. The van der Waals surface area contributed by atoms with E-state index in [2.05, 4.69) is 43.0 Å². The van der Waals surface area contributed by atoms with Crippen LogP contribution >= 0.6 is 23.5 Å². The Hall–Kier alpha value is 0.700. The van der Waals surface area contributed by atoms with Crippen LogP contribution in [0.3, 0.4) is 0 Å². The highest BCUT2D eigenvalue weighted by atomic mass is 32.2. The lowest BCUT2D eigenvalue weighted by atomic mass is 9.82. The summed E-state index contributed by atoms with van der Waals surface area (Å²) >= 11 is 4.11. The van der Waals surface area contributed by atoms with E-state index in [1.165, 1.54) is 19.3 Å². The van der Waals surface area contributed by atoms with E-state index in [4.69, 9.17) is 0 Å². The molecule has 0 saturated heterocycles. The zero-order chi connectivity index (χ0) is 7.61. The van der Waals surface area contributed by atoms with E-state index in [0.717, 1.165) is 5.92 Å². The minimum atomic E-state index is 0.606. The largest absolute Gasteiger partial charge is 0.147 e. The maximum Gasteiger partial charge on any atom is 0.0633 e. The molecule has 0 amide bonds. The van der Waals surface area contributed by atoms with Crippen molar-refractivity contribution >= 4 is 23.5 Å². The summed E-state index contributed by atoms with van der Waals surface area (Å²) in [7, 11) is 0. The Bertz CT molecular complexity index is 100. The normalized spacial score (nSPS) is 29.7. The Morgan fingerprint density at radius 3 is 2.10 bits per heavy atom. The first-order valence-corrected chi connectivity index (χ1v) is 6.34. The van der Waals surface area contributed by atoms with E-state index in [1.54, 1.807) is 0 Å². The van der Waals surface area contributed by atoms with Crippen LogP contribution in [0.1, 0.15) is 26.2 Å². The first-order chi connectivity index (χ1) is 4.79. The number of rotatable bonds is 3. The van der Waals surface area contributed by atoms with Gasteiger partial charge in [0.15, 0.2) is 0 Å². The van der Waals surface area contributed by atoms with Gasteiger partial charge in [0.05, 0.1) is 4.08 Å². The molecular weight excluding hydrogens is 160 g/mol. The Morgan fingerprint density at radius 2 is 2.00 bits per heavy atom. The highest BCUT2D eigenvalue weighted by Crippen LogP contribution is 2.55. The van der Waals surface area contributed by atoms with Gasteiger partial charge in [0.25, 0.3) is 0 Å². The van der Waals surface area contributed by atoms with Crippen LogP contribution in [0.5, 0.6) is 0 Å². The van der Waals surface area contributed by atoms with Crippen molar-refractivity contribution in [3.63, 3.8) is 0 Å². The van der Waals surface area contributed by atoms with E-state index < -0.39 is 0 Å². The summed E-state index contributed by atoms with van der Waals surface area (Å²) in [5.41, 5.74) is 0. The molecule has 1 saturated carbocycles. The fourth-order valence-electron chi connectivity index (χ4n) is 1.72. The highest BCUT2D eigenvalue weighted by molar-refractivity contribution is 8.17. The molecule has 0 heterocycles. The van der Waals surface area contributed by atoms with E-state index in [9.17, 15) is 0 Å². The van der Waals surface area contributed by atoms with E-state index in [-0.39, 0.29) is 0 Å². The summed E-state index contributed by atoms with van der Waals surface area (Å²) in [6.07, 6.45) is 8.74. The molecule has 1 aliphatic rings. The van der Waals surface area contributed by atoms with Crippen LogP contribution in [0, 0.1) is 5.92 Å². The molecule has 2 heteroatoms. The highest BCUT2D eigenvalue weighted by Gasteiger charge is 2.44. The molecule has 0 aliphatic heterocycles. The zero-order valence-corrected chi connectivity index (χ0v) is 8.65. The van der Waals surface area contributed by atoms with E-state index >= 15 is 0 Å². The van der Waals surface area contributed by atoms with Crippen LogP contribution in [-0.2, 0) is 0 Å². The Labute approximate surface area is 72.5 Å². The predicted octanol–water partition coefficient (Wildman–Crippen LogP) is 3.23. The third-order valence-corrected chi connectivity index (χ3v) is 6.10. The van der Waals surface area contributed by atoms with Crippen molar-refractivity contribution in [2.45, 2.75) is 30.3 Å². The van der Waals surface area contributed by atoms with Crippen LogP contribution in [-0.4, -0.2) is 16.6 Å². The number of hydrogen-bond donors (Lipinski definition) is 0. The van der Waals surface area contributed by atoms with Gasteiger partial charge in [-0.3, -0.25) is 0 Å². The van der Waals surface area contributed by atoms with Crippen molar-refractivity contribution in [2.24, 2.45) is 5.92 Å². The SMILES string of the molecule is CCC1CCC1(SC)SC. The molecule has 0 spiro atoms. The first-order valence-electron chi connectivity index (χ1n) is 3.89. The van der Waals surface area contributed by atoms with Crippen molar-refractivity contribution in [3.8, 4) is 0 Å². The topological polar surface area (TPSA) is 0 Å². The predicted molar refractivity (Wildman–Crippen MR) is 52.8 cm³/mol. The van der Waals surface area contributed by atoms with Crippen molar-refractivity contribution < 1.29 is 0 Å².